The molecule has 4 nitrogen and oxygen atoms in total. The van der Waals surface area contributed by atoms with Crippen LogP contribution in [0.2, 0.25) is 0 Å². The lowest BCUT2D eigenvalue weighted by atomic mass is 9.91. The summed E-state index contributed by atoms with van der Waals surface area (Å²) < 4.78 is 57.3. The van der Waals surface area contributed by atoms with E-state index in [0.29, 0.717) is 0 Å². The summed E-state index contributed by atoms with van der Waals surface area (Å²) in [6, 6.07) is 170. The Hall–Kier alpha value is -17.7. The molecule has 0 aliphatic rings. The summed E-state index contributed by atoms with van der Waals surface area (Å²) in [5.74, 6) is -1.06. The highest BCUT2D eigenvalue weighted by Crippen LogP contribution is 2.54. The van der Waals surface area contributed by atoms with Gasteiger partial charge in [0.2, 0.25) is 0 Å². The molecule has 0 heterocycles. The Morgan fingerprint density at radius 3 is 0.514 bits per heavy atom. The number of benzene rings is 24. The Morgan fingerprint density at radius 1 is 0.138 bits per heavy atom. The van der Waals surface area contributed by atoms with Crippen LogP contribution in [0, 0.1) is 37.1 Å². The first-order valence-corrected chi connectivity index (χ1v) is 46.5. The highest BCUT2D eigenvalue weighted by Gasteiger charge is 2.28. The van der Waals surface area contributed by atoms with Crippen LogP contribution in [-0.4, -0.2) is 0 Å². The zero-order chi connectivity index (χ0) is 92.9. The molecule has 0 N–H and O–H groups in total. The summed E-state index contributed by atoms with van der Waals surface area (Å²) in [7, 11) is 0. The van der Waals surface area contributed by atoms with Crippen molar-refractivity contribution >= 4 is 133 Å². The van der Waals surface area contributed by atoms with Crippen molar-refractivity contribution in [3.05, 3.63) is 532 Å². The lowest BCUT2D eigenvalue weighted by molar-refractivity contribution is 0.627. The van der Waals surface area contributed by atoms with Crippen LogP contribution < -0.4 is 19.6 Å². The molecule has 24 rings (SSSR count). The molecular weight excluding hydrogens is 1690 g/mol. The second kappa shape index (κ2) is 36.3. The highest BCUT2D eigenvalue weighted by molar-refractivity contribution is 6.30. The topological polar surface area (TPSA) is 13.0 Å². The van der Waals surface area contributed by atoms with Crippen molar-refractivity contribution in [3.63, 3.8) is 0 Å². The fraction of sp³-hybridized carbons (Fsp3) is 0.0154. The number of hydrogen-bond acceptors (Lipinski definition) is 4. The molecule has 0 unspecified atom stereocenters. The van der Waals surface area contributed by atoms with E-state index in [4.69, 9.17) is 0 Å². The smallest absolute Gasteiger partial charge is 0.123 e. The van der Waals surface area contributed by atoms with Gasteiger partial charge < -0.3 is 19.6 Å². The van der Waals surface area contributed by atoms with Gasteiger partial charge in [-0.15, -0.1) is 0 Å². The van der Waals surface area contributed by atoms with Crippen LogP contribution in [0.3, 0.4) is 0 Å². The van der Waals surface area contributed by atoms with Crippen molar-refractivity contribution in [2.75, 3.05) is 19.6 Å². The first-order chi connectivity index (χ1) is 67.8. The highest BCUT2D eigenvalue weighted by atomic mass is 19.1. The lowest BCUT2D eigenvalue weighted by Gasteiger charge is -2.30. The van der Waals surface area contributed by atoms with E-state index < -0.39 is 0 Å². The van der Waals surface area contributed by atoms with Crippen LogP contribution in [0.5, 0.6) is 0 Å². The zero-order valence-corrected chi connectivity index (χ0v) is 75.6. The molecule has 0 radical (unpaired) electrons. The molecule has 0 fully saturated rings. The molecule has 24 aromatic carbocycles. The number of hydrogen-bond donors (Lipinski definition) is 0. The van der Waals surface area contributed by atoms with Crippen LogP contribution in [-0.2, 0) is 0 Å². The summed E-state index contributed by atoms with van der Waals surface area (Å²) >= 11 is 0. The Labute approximate surface area is 799 Å². The standard InChI is InChI=1S/C66H46F2N2.C64H42F2N2/c1-43-13-29-57(30-14-43)69(59-39-51(45-9-5-3-6-10-45)37-53(41-59)47-17-25-55(67)26-18-47)63-35-23-49-22-34-62-64(36-24-50-21-33-61(63)65(49)66(50)62)70(58-31-15-44(2)16-32-58)60-40-52(46-11-7-4-8-12-46)38-54(42-60)48-19-27-56(68)28-20-48;65-53-29-21-45(22-30-53)51-37-49(43-13-5-1-6-14-43)39-57(41-51)67(55-17-9-3-10-18-55)61-35-27-47-26-34-60-62(36-28-48-25-33-59(61)63(47)64(48)60)68(56-19-11-4-12-20-56)58-40-50(44-15-7-2-8-16-44)38-52(42-58)46-23-31-54(66)32-24-46/h3-42H,1-2H3;1-42H. The number of rotatable bonds is 20. The molecule has 0 aliphatic heterocycles. The molecule has 0 aromatic heterocycles. The minimum Gasteiger partial charge on any atom is -0.310 e. The molecule has 24 aromatic rings. The SMILES string of the molecule is Cc1ccc(N(c2cc(-c3ccccc3)cc(-c3ccc(F)cc3)c2)c2ccc3ccc4c(N(c5ccc(C)cc5)c5cc(-c6ccccc6)cc(-c6ccc(F)cc6)c5)ccc5ccc2c3c54)cc1.Fc1ccc(-c2cc(-c3ccccc3)cc(N(c3ccccc3)c3ccc4ccc5c(N(c6ccccc6)c6cc(-c7ccccc7)cc(-c7ccc(F)cc7)c6)ccc6ccc3c4c65)c2)cc1. The molecule has 656 valence electrons. The maximum absolute atomic E-state index is 14.4. The van der Waals surface area contributed by atoms with Crippen molar-refractivity contribution in [1.29, 1.82) is 0 Å². The summed E-state index contributed by atoms with van der Waals surface area (Å²) in [6.45, 7) is 4.23. The number of anilines is 12. The number of halogens is 4. The minimum absolute atomic E-state index is 0.265. The largest absolute Gasteiger partial charge is 0.310 e. The van der Waals surface area contributed by atoms with Crippen LogP contribution >= 0.6 is 0 Å². The molecule has 0 amide bonds. The first kappa shape index (κ1) is 84.5. The van der Waals surface area contributed by atoms with Crippen LogP contribution in [0.25, 0.3) is 154 Å². The van der Waals surface area contributed by atoms with Crippen molar-refractivity contribution in [1.82, 2.24) is 0 Å². The fourth-order valence-corrected chi connectivity index (χ4v) is 20.0. The van der Waals surface area contributed by atoms with Gasteiger partial charge in [-0.2, -0.15) is 0 Å². The van der Waals surface area contributed by atoms with Gasteiger partial charge in [0.1, 0.15) is 23.3 Å². The molecule has 0 spiro atoms. The Bertz CT molecular complexity index is 8060. The Morgan fingerprint density at radius 2 is 0.312 bits per heavy atom. The third-order valence-electron chi connectivity index (χ3n) is 26.7. The van der Waals surface area contributed by atoms with E-state index in [1.54, 1.807) is 0 Å². The fourth-order valence-electron chi connectivity index (χ4n) is 20.0. The summed E-state index contributed by atoms with van der Waals surface area (Å²) in [4.78, 5) is 9.45. The monoisotopic (exact) mass is 1780 g/mol. The second-order valence-electron chi connectivity index (χ2n) is 35.4. The number of aryl methyl sites for hydroxylation is 2. The van der Waals surface area contributed by atoms with Crippen LogP contribution in [0.15, 0.2) is 497 Å². The summed E-state index contributed by atoms with van der Waals surface area (Å²) in [5, 5.41) is 13.8. The average molecular weight is 1780 g/mol. The number of para-hydroxylation sites is 2. The molecule has 0 saturated carbocycles. The van der Waals surface area contributed by atoms with Gasteiger partial charge in [0.15, 0.2) is 0 Å². The number of nitrogens with zero attached hydrogens (tertiary/aromatic N) is 4. The van der Waals surface area contributed by atoms with E-state index in [0.717, 1.165) is 200 Å². The molecule has 0 aliphatic carbocycles. The van der Waals surface area contributed by atoms with Crippen LogP contribution in [0.4, 0.5) is 85.8 Å². The van der Waals surface area contributed by atoms with Gasteiger partial charge >= 0.3 is 0 Å². The maximum Gasteiger partial charge on any atom is 0.123 e. The van der Waals surface area contributed by atoms with E-state index in [1.807, 2.05) is 84.9 Å². The summed E-state index contributed by atoms with van der Waals surface area (Å²) in [6.07, 6.45) is 0. The van der Waals surface area contributed by atoms with Gasteiger partial charge in [-0.25, -0.2) is 17.6 Å². The minimum atomic E-state index is -0.266. The molecule has 0 bridgehead atoms. The molecule has 0 saturated heterocycles. The molecule has 138 heavy (non-hydrogen) atoms. The van der Waals surface area contributed by atoms with E-state index >= 15 is 0 Å². The third kappa shape index (κ3) is 16.5. The normalized spacial score (nSPS) is 11.4. The molecular formula is C130H88F4N4. The van der Waals surface area contributed by atoms with E-state index in [-0.39, 0.29) is 23.3 Å². The third-order valence-corrected chi connectivity index (χ3v) is 26.7. The summed E-state index contributed by atoms with van der Waals surface area (Å²) in [5.41, 5.74) is 30.9. The molecule has 8 heteroatoms. The maximum atomic E-state index is 14.4. The second-order valence-corrected chi connectivity index (χ2v) is 35.4. The van der Waals surface area contributed by atoms with Crippen molar-refractivity contribution in [2.45, 2.75) is 13.8 Å². The lowest BCUT2D eigenvalue weighted by Crippen LogP contribution is -2.12. The van der Waals surface area contributed by atoms with Crippen molar-refractivity contribution < 1.29 is 17.6 Å². The van der Waals surface area contributed by atoms with E-state index in [9.17, 15) is 17.6 Å². The molecule has 0 atom stereocenters. The predicted molar refractivity (Wildman–Crippen MR) is 572 cm³/mol. The van der Waals surface area contributed by atoms with Crippen LogP contribution in [0.1, 0.15) is 11.1 Å². The quantitative estimate of drug-likeness (QED) is 0.0557. The zero-order valence-electron chi connectivity index (χ0n) is 75.6. The van der Waals surface area contributed by atoms with Gasteiger partial charge in [-0.05, 0) is 340 Å². The van der Waals surface area contributed by atoms with Gasteiger partial charge in [-0.1, -0.05) is 314 Å². The Balaban J connectivity index is 0.000000155. The van der Waals surface area contributed by atoms with Gasteiger partial charge in [0, 0.05) is 67.0 Å². The first-order valence-electron chi connectivity index (χ1n) is 46.5. The van der Waals surface area contributed by atoms with E-state index in [1.165, 1.54) is 81.2 Å². The average Bonchev–Trinajstić information content (AvgIpc) is 0.720. The van der Waals surface area contributed by atoms with Gasteiger partial charge in [0.25, 0.3) is 0 Å². The van der Waals surface area contributed by atoms with Crippen molar-refractivity contribution in [2.24, 2.45) is 0 Å². The van der Waals surface area contributed by atoms with Gasteiger partial charge in [0.05, 0.1) is 22.7 Å². The predicted octanol–water partition coefficient (Wildman–Crippen LogP) is 37.6. The van der Waals surface area contributed by atoms with E-state index in [2.05, 4.69) is 397 Å². The Kier molecular flexibility index (Phi) is 22.3. The van der Waals surface area contributed by atoms with Crippen molar-refractivity contribution in [3.8, 4) is 89.0 Å². The van der Waals surface area contributed by atoms with Gasteiger partial charge in [-0.3, -0.25) is 0 Å².